The monoisotopic (exact) mass is 264 g/mol. The molecule has 4 heteroatoms. The summed E-state index contributed by atoms with van der Waals surface area (Å²) in [5.74, 6) is -0.0340. The average Bonchev–Trinajstić information content (AvgIpc) is 2.80. The van der Waals surface area contributed by atoms with Crippen LogP contribution in [0.25, 0.3) is 0 Å². The Bertz CT molecular complexity index is 447. The van der Waals surface area contributed by atoms with Crippen LogP contribution in [0.4, 0.5) is 0 Å². The maximum atomic E-state index is 11.0. The first-order valence-corrected chi connectivity index (χ1v) is 6.55. The Morgan fingerprint density at radius 3 is 2.84 bits per heavy atom. The van der Waals surface area contributed by atoms with Crippen LogP contribution >= 0.6 is 0 Å². The van der Waals surface area contributed by atoms with E-state index in [0.717, 1.165) is 24.3 Å². The molecule has 1 saturated heterocycles. The van der Waals surface area contributed by atoms with Crippen LogP contribution in [0.3, 0.4) is 0 Å². The van der Waals surface area contributed by atoms with E-state index in [1.165, 1.54) is 0 Å². The number of hydrogen-bond donors (Lipinski definition) is 1. The van der Waals surface area contributed by atoms with E-state index in [0.29, 0.717) is 6.61 Å². The van der Waals surface area contributed by atoms with Crippen LogP contribution in [0.2, 0.25) is 0 Å². The van der Waals surface area contributed by atoms with E-state index < -0.39 is 11.4 Å². The van der Waals surface area contributed by atoms with Gasteiger partial charge in [-0.2, -0.15) is 0 Å². The molecule has 4 nitrogen and oxygen atoms in total. The number of ether oxygens (including phenoxy) is 2. The minimum absolute atomic E-state index is 0.0711. The van der Waals surface area contributed by atoms with Crippen LogP contribution in [0.1, 0.15) is 32.3 Å². The van der Waals surface area contributed by atoms with Crippen LogP contribution in [0, 0.1) is 0 Å². The molecule has 0 aliphatic carbocycles. The Balaban J connectivity index is 2.21. The van der Waals surface area contributed by atoms with Crippen LogP contribution in [-0.4, -0.2) is 30.4 Å². The molecule has 104 valence electrons. The second kappa shape index (κ2) is 5.61. The predicted molar refractivity (Wildman–Crippen MR) is 71.6 cm³/mol. The molecule has 1 aromatic rings. The molecule has 19 heavy (non-hydrogen) atoms. The van der Waals surface area contributed by atoms with Gasteiger partial charge in [-0.3, -0.25) is 4.79 Å². The molecule has 0 radical (unpaired) electrons. The highest BCUT2D eigenvalue weighted by molar-refractivity contribution is 5.69. The fourth-order valence-corrected chi connectivity index (χ4v) is 2.39. The summed E-state index contributed by atoms with van der Waals surface area (Å²) >= 11 is 0. The zero-order valence-electron chi connectivity index (χ0n) is 11.4. The summed E-state index contributed by atoms with van der Waals surface area (Å²) in [6.45, 7) is 5.18. The van der Waals surface area contributed by atoms with Crippen LogP contribution in [-0.2, 0) is 14.9 Å². The highest BCUT2D eigenvalue weighted by Crippen LogP contribution is 2.35. The fraction of sp³-hybridized carbons (Fsp3) is 0.533. The van der Waals surface area contributed by atoms with Gasteiger partial charge in [0.2, 0.25) is 0 Å². The zero-order valence-corrected chi connectivity index (χ0v) is 11.4. The summed E-state index contributed by atoms with van der Waals surface area (Å²) in [4.78, 5) is 11.0. The van der Waals surface area contributed by atoms with Gasteiger partial charge in [0, 0.05) is 17.4 Å². The normalized spacial score (nSPS) is 19.4. The van der Waals surface area contributed by atoms with E-state index in [9.17, 15) is 4.79 Å². The quantitative estimate of drug-likeness (QED) is 0.888. The number of aliphatic carboxylic acids is 1. The molecule has 1 aliphatic rings. The molecule has 0 saturated carbocycles. The van der Waals surface area contributed by atoms with E-state index in [4.69, 9.17) is 14.6 Å². The van der Waals surface area contributed by atoms with Gasteiger partial charge in [-0.1, -0.05) is 32.0 Å². The third-order valence-corrected chi connectivity index (χ3v) is 3.39. The third-order valence-electron chi connectivity index (χ3n) is 3.39. The van der Waals surface area contributed by atoms with Crippen molar-refractivity contribution >= 4 is 5.97 Å². The Hall–Kier alpha value is -1.55. The van der Waals surface area contributed by atoms with Crippen molar-refractivity contribution in [1.29, 1.82) is 0 Å². The first kappa shape index (κ1) is 13.9. The lowest BCUT2D eigenvalue weighted by Crippen LogP contribution is -2.24. The number of benzene rings is 1. The van der Waals surface area contributed by atoms with E-state index in [1.54, 1.807) is 0 Å². The minimum Gasteiger partial charge on any atom is -0.488 e. The van der Waals surface area contributed by atoms with Crippen molar-refractivity contribution in [3.05, 3.63) is 29.8 Å². The molecule has 0 spiro atoms. The van der Waals surface area contributed by atoms with Crippen LogP contribution in [0.15, 0.2) is 24.3 Å². The molecular weight excluding hydrogens is 244 g/mol. The molecule has 1 aliphatic heterocycles. The third kappa shape index (κ3) is 3.47. The van der Waals surface area contributed by atoms with Gasteiger partial charge in [0.05, 0.1) is 19.6 Å². The standard InChI is InChI=1S/C15H20O4/c1-15(2,9-14(16)17)12-5-3-4-6-13(12)19-11-7-8-18-10-11/h3-6,11H,7-10H2,1-2H3,(H,16,17). The van der Waals surface area contributed by atoms with Gasteiger partial charge in [0.25, 0.3) is 0 Å². The summed E-state index contributed by atoms with van der Waals surface area (Å²) < 4.78 is 11.3. The van der Waals surface area contributed by atoms with E-state index >= 15 is 0 Å². The largest absolute Gasteiger partial charge is 0.488 e. The highest BCUT2D eigenvalue weighted by Gasteiger charge is 2.28. The second-order valence-electron chi connectivity index (χ2n) is 5.55. The molecule has 1 N–H and O–H groups in total. The molecule has 1 unspecified atom stereocenters. The number of para-hydroxylation sites is 1. The van der Waals surface area contributed by atoms with Crippen LogP contribution < -0.4 is 4.74 Å². The van der Waals surface area contributed by atoms with Gasteiger partial charge in [0.1, 0.15) is 11.9 Å². The SMILES string of the molecule is CC(C)(CC(=O)O)c1ccccc1OC1CCOC1. The first-order chi connectivity index (χ1) is 8.99. The lowest BCUT2D eigenvalue weighted by Gasteiger charge is -2.26. The first-order valence-electron chi connectivity index (χ1n) is 6.55. The summed E-state index contributed by atoms with van der Waals surface area (Å²) in [6, 6.07) is 7.66. The number of carboxylic acid groups (broad SMARTS) is 1. The summed E-state index contributed by atoms with van der Waals surface area (Å²) in [5, 5.41) is 9.02. The Kier molecular flexibility index (Phi) is 4.10. The summed E-state index contributed by atoms with van der Waals surface area (Å²) in [6.07, 6.45) is 1.03. The molecule has 0 aromatic heterocycles. The van der Waals surface area contributed by atoms with Crippen molar-refractivity contribution in [3.63, 3.8) is 0 Å². The Labute approximate surface area is 113 Å². The topological polar surface area (TPSA) is 55.8 Å². The van der Waals surface area contributed by atoms with Crippen molar-refractivity contribution in [2.75, 3.05) is 13.2 Å². The maximum Gasteiger partial charge on any atom is 0.304 e. The number of rotatable bonds is 5. The van der Waals surface area contributed by atoms with Crippen molar-refractivity contribution in [2.45, 2.75) is 38.2 Å². The van der Waals surface area contributed by atoms with Gasteiger partial charge in [-0.25, -0.2) is 0 Å². The molecule has 1 heterocycles. The van der Waals surface area contributed by atoms with Crippen molar-refractivity contribution in [2.24, 2.45) is 0 Å². The molecule has 0 bridgehead atoms. The van der Waals surface area contributed by atoms with Gasteiger partial charge >= 0.3 is 5.97 Å². The van der Waals surface area contributed by atoms with E-state index in [2.05, 4.69) is 0 Å². The average molecular weight is 264 g/mol. The Morgan fingerprint density at radius 1 is 1.47 bits per heavy atom. The van der Waals surface area contributed by atoms with E-state index in [-0.39, 0.29) is 12.5 Å². The fourth-order valence-electron chi connectivity index (χ4n) is 2.39. The number of carboxylic acids is 1. The van der Waals surface area contributed by atoms with Gasteiger partial charge in [0.15, 0.2) is 0 Å². The Morgan fingerprint density at radius 2 is 2.21 bits per heavy atom. The lowest BCUT2D eigenvalue weighted by atomic mass is 9.81. The molecule has 1 aromatic carbocycles. The smallest absolute Gasteiger partial charge is 0.304 e. The highest BCUT2D eigenvalue weighted by atomic mass is 16.5. The lowest BCUT2D eigenvalue weighted by molar-refractivity contribution is -0.138. The number of hydrogen-bond acceptors (Lipinski definition) is 3. The van der Waals surface area contributed by atoms with Gasteiger partial charge in [-0.05, 0) is 6.07 Å². The maximum absolute atomic E-state index is 11.0. The molecule has 1 fully saturated rings. The predicted octanol–water partition coefficient (Wildman–Crippen LogP) is 2.61. The summed E-state index contributed by atoms with van der Waals surface area (Å²) in [7, 11) is 0. The molecule has 1 atom stereocenters. The molecule has 2 rings (SSSR count). The summed E-state index contributed by atoms with van der Waals surface area (Å²) in [5.41, 5.74) is 0.478. The molecular formula is C15H20O4. The minimum atomic E-state index is -0.802. The van der Waals surface area contributed by atoms with Crippen molar-refractivity contribution in [3.8, 4) is 5.75 Å². The zero-order chi connectivity index (χ0) is 13.9. The molecule has 0 amide bonds. The second-order valence-corrected chi connectivity index (χ2v) is 5.55. The number of carbonyl (C=O) groups is 1. The van der Waals surface area contributed by atoms with Gasteiger partial charge in [-0.15, -0.1) is 0 Å². The van der Waals surface area contributed by atoms with Gasteiger partial charge < -0.3 is 14.6 Å². The van der Waals surface area contributed by atoms with Crippen molar-refractivity contribution < 1.29 is 19.4 Å². The van der Waals surface area contributed by atoms with Crippen molar-refractivity contribution in [1.82, 2.24) is 0 Å². The van der Waals surface area contributed by atoms with Crippen LogP contribution in [0.5, 0.6) is 5.75 Å². The van der Waals surface area contributed by atoms with E-state index in [1.807, 2.05) is 38.1 Å².